The van der Waals surface area contributed by atoms with Gasteiger partial charge in [0, 0.05) is 0 Å². The molecule has 1 rings (SSSR count). The molecule has 0 bridgehead atoms. The van der Waals surface area contributed by atoms with Crippen molar-refractivity contribution in [3.8, 4) is 0 Å². The lowest BCUT2D eigenvalue weighted by Crippen LogP contribution is -2.13. The normalized spacial score (nSPS) is 11.2. The number of rotatable bonds is 6. The van der Waals surface area contributed by atoms with Gasteiger partial charge in [0.15, 0.2) is 0 Å². The Labute approximate surface area is 112 Å². The number of hydrogen-bond donors (Lipinski definition) is 0. The van der Waals surface area contributed by atoms with Gasteiger partial charge in [-0.1, -0.05) is 0 Å². The molecule has 5 nitrogen and oxygen atoms in total. The van der Waals surface area contributed by atoms with Crippen molar-refractivity contribution < 1.29 is 23.5 Å². The van der Waals surface area contributed by atoms with E-state index < -0.39 is 11.9 Å². The highest BCUT2D eigenvalue weighted by Crippen LogP contribution is 2.15. The molecule has 5 heteroatoms. The molecule has 1 aromatic heterocycles. The fourth-order valence-corrected chi connectivity index (χ4v) is 1.48. The van der Waals surface area contributed by atoms with Crippen LogP contribution in [0.5, 0.6) is 0 Å². The van der Waals surface area contributed by atoms with Crippen molar-refractivity contribution >= 4 is 18.0 Å². The molecule has 0 fully saturated rings. The Hall–Kier alpha value is -2.04. The van der Waals surface area contributed by atoms with E-state index in [1.807, 2.05) is 0 Å². The van der Waals surface area contributed by atoms with E-state index in [0.29, 0.717) is 5.76 Å². The first-order valence-electron chi connectivity index (χ1n) is 6.16. The number of esters is 2. The van der Waals surface area contributed by atoms with Gasteiger partial charge in [0.2, 0.25) is 0 Å². The van der Waals surface area contributed by atoms with Gasteiger partial charge in [0.05, 0.1) is 25.2 Å². The molecular weight excluding hydrogens is 248 g/mol. The molecule has 0 aliphatic heterocycles. The lowest BCUT2D eigenvalue weighted by atomic mass is 10.1. The standard InChI is InChI=1S/C14H18O5/c1-4-17-13(15)9-11(14(16)18-5-2)8-12-7-6-10(3)19-12/h6-8H,4-5,9H2,1-3H3/b11-8+. The zero-order chi connectivity index (χ0) is 14.3. The minimum atomic E-state index is -0.537. The third-order valence-corrected chi connectivity index (χ3v) is 2.26. The highest BCUT2D eigenvalue weighted by atomic mass is 16.5. The van der Waals surface area contributed by atoms with Gasteiger partial charge in [-0.05, 0) is 39.0 Å². The molecule has 1 heterocycles. The molecule has 104 valence electrons. The number of ether oxygens (including phenoxy) is 2. The number of carbonyl (C=O) groups is 2. The van der Waals surface area contributed by atoms with E-state index in [1.165, 1.54) is 6.08 Å². The second kappa shape index (κ2) is 7.41. The monoisotopic (exact) mass is 266 g/mol. The average molecular weight is 266 g/mol. The van der Waals surface area contributed by atoms with Gasteiger partial charge in [-0.25, -0.2) is 4.79 Å². The van der Waals surface area contributed by atoms with E-state index in [-0.39, 0.29) is 25.2 Å². The fourth-order valence-electron chi connectivity index (χ4n) is 1.48. The molecular formula is C14H18O5. The molecule has 0 radical (unpaired) electrons. The maximum atomic E-state index is 11.8. The smallest absolute Gasteiger partial charge is 0.334 e. The third-order valence-electron chi connectivity index (χ3n) is 2.26. The van der Waals surface area contributed by atoms with Gasteiger partial charge in [-0.2, -0.15) is 0 Å². The van der Waals surface area contributed by atoms with Crippen molar-refractivity contribution in [1.29, 1.82) is 0 Å². The minimum Gasteiger partial charge on any atom is -0.466 e. The van der Waals surface area contributed by atoms with Crippen molar-refractivity contribution in [2.24, 2.45) is 0 Å². The summed E-state index contributed by atoms with van der Waals surface area (Å²) in [5.41, 5.74) is 0.217. The van der Waals surface area contributed by atoms with Crippen LogP contribution in [0.4, 0.5) is 0 Å². The Morgan fingerprint density at radius 2 is 1.89 bits per heavy atom. The summed E-state index contributed by atoms with van der Waals surface area (Å²) in [6.07, 6.45) is 1.37. The topological polar surface area (TPSA) is 65.7 Å². The molecule has 0 saturated carbocycles. The van der Waals surface area contributed by atoms with Gasteiger partial charge in [0.1, 0.15) is 11.5 Å². The van der Waals surface area contributed by atoms with Crippen LogP contribution in [0, 0.1) is 6.92 Å². The van der Waals surface area contributed by atoms with E-state index >= 15 is 0 Å². The van der Waals surface area contributed by atoms with Crippen LogP contribution >= 0.6 is 0 Å². The number of aryl methyl sites for hydroxylation is 1. The van der Waals surface area contributed by atoms with Gasteiger partial charge < -0.3 is 13.9 Å². The first kappa shape index (κ1) is 15.0. The molecule has 0 aromatic carbocycles. The Balaban J connectivity index is 2.88. The summed E-state index contributed by atoms with van der Waals surface area (Å²) in [6, 6.07) is 3.50. The number of furan rings is 1. The fraction of sp³-hybridized carbons (Fsp3) is 0.429. The average Bonchev–Trinajstić information content (AvgIpc) is 2.74. The summed E-state index contributed by atoms with van der Waals surface area (Å²) >= 11 is 0. The summed E-state index contributed by atoms with van der Waals surface area (Å²) in [6.45, 7) is 5.73. The quantitative estimate of drug-likeness (QED) is 0.584. The second-order valence-electron chi connectivity index (χ2n) is 3.82. The van der Waals surface area contributed by atoms with Crippen molar-refractivity contribution in [3.63, 3.8) is 0 Å². The SMILES string of the molecule is CCOC(=O)C/C(=C\c1ccc(C)o1)C(=O)OCC. The van der Waals surface area contributed by atoms with Crippen LogP contribution < -0.4 is 0 Å². The van der Waals surface area contributed by atoms with Crippen molar-refractivity contribution in [2.45, 2.75) is 27.2 Å². The molecule has 0 saturated heterocycles. The van der Waals surface area contributed by atoms with Crippen LogP contribution in [0.2, 0.25) is 0 Å². The highest BCUT2D eigenvalue weighted by Gasteiger charge is 2.16. The predicted molar refractivity (Wildman–Crippen MR) is 69.3 cm³/mol. The molecule has 0 aliphatic rings. The van der Waals surface area contributed by atoms with Crippen LogP contribution in [0.3, 0.4) is 0 Å². The van der Waals surface area contributed by atoms with Gasteiger partial charge in [-0.15, -0.1) is 0 Å². The summed E-state index contributed by atoms with van der Waals surface area (Å²) in [5, 5.41) is 0. The van der Waals surface area contributed by atoms with Crippen molar-refractivity contribution in [2.75, 3.05) is 13.2 Å². The molecule has 0 atom stereocenters. The highest BCUT2D eigenvalue weighted by molar-refractivity contribution is 5.97. The first-order chi connectivity index (χ1) is 9.06. The van der Waals surface area contributed by atoms with E-state index in [1.54, 1.807) is 32.9 Å². The second-order valence-corrected chi connectivity index (χ2v) is 3.82. The Morgan fingerprint density at radius 1 is 1.21 bits per heavy atom. The lowest BCUT2D eigenvalue weighted by Gasteiger charge is -2.06. The predicted octanol–water partition coefficient (Wildman–Crippen LogP) is 2.49. The number of carbonyl (C=O) groups excluding carboxylic acids is 2. The summed E-state index contributed by atoms with van der Waals surface area (Å²) in [7, 11) is 0. The molecule has 0 spiro atoms. The minimum absolute atomic E-state index is 0.133. The van der Waals surface area contributed by atoms with Gasteiger partial charge in [0.25, 0.3) is 0 Å². The third kappa shape index (κ3) is 4.99. The summed E-state index contributed by atoms with van der Waals surface area (Å²) in [4.78, 5) is 23.2. The van der Waals surface area contributed by atoms with E-state index in [9.17, 15) is 9.59 Å². The van der Waals surface area contributed by atoms with Crippen LogP contribution in [-0.4, -0.2) is 25.2 Å². The van der Waals surface area contributed by atoms with Gasteiger partial charge in [-0.3, -0.25) is 4.79 Å². The van der Waals surface area contributed by atoms with Crippen LogP contribution in [0.15, 0.2) is 22.1 Å². The van der Waals surface area contributed by atoms with Crippen molar-refractivity contribution in [1.82, 2.24) is 0 Å². The molecule has 19 heavy (non-hydrogen) atoms. The molecule has 1 aromatic rings. The van der Waals surface area contributed by atoms with E-state index in [2.05, 4.69) is 0 Å². The Morgan fingerprint density at radius 3 is 2.42 bits per heavy atom. The Kier molecular flexibility index (Phi) is 5.85. The number of hydrogen-bond acceptors (Lipinski definition) is 5. The van der Waals surface area contributed by atoms with E-state index in [4.69, 9.17) is 13.9 Å². The van der Waals surface area contributed by atoms with Crippen LogP contribution in [0.25, 0.3) is 6.08 Å². The Bertz CT molecular complexity index is 470. The van der Waals surface area contributed by atoms with Crippen LogP contribution in [0.1, 0.15) is 31.8 Å². The molecule has 0 amide bonds. The van der Waals surface area contributed by atoms with Crippen LogP contribution in [-0.2, 0) is 19.1 Å². The van der Waals surface area contributed by atoms with Crippen molar-refractivity contribution in [3.05, 3.63) is 29.2 Å². The lowest BCUT2D eigenvalue weighted by molar-refractivity contribution is -0.145. The maximum absolute atomic E-state index is 11.8. The zero-order valence-corrected chi connectivity index (χ0v) is 11.4. The molecule has 0 unspecified atom stereocenters. The summed E-state index contributed by atoms with van der Waals surface area (Å²) in [5.74, 6) is 0.227. The first-order valence-corrected chi connectivity index (χ1v) is 6.16. The zero-order valence-electron chi connectivity index (χ0n) is 11.4. The molecule has 0 aliphatic carbocycles. The summed E-state index contributed by atoms with van der Waals surface area (Å²) < 4.78 is 15.1. The maximum Gasteiger partial charge on any atom is 0.334 e. The van der Waals surface area contributed by atoms with E-state index in [0.717, 1.165) is 5.76 Å². The molecule has 0 N–H and O–H groups in total. The van der Waals surface area contributed by atoms with Gasteiger partial charge >= 0.3 is 11.9 Å². The largest absolute Gasteiger partial charge is 0.466 e.